The van der Waals surface area contributed by atoms with Crippen molar-refractivity contribution in [2.24, 2.45) is 0 Å². The van der Waals surface area contributed by atoms with Gasteiger partial charge in [0.15, 0.2) is 0 Å². The third kappa shape index (κ3) is 4.72. The number of rotatable bonds is 6. The van der Waals surface area contributed by atoms with E-state index in [2.05, 4.69) is 91.5 Å². The van der Waals surface area contributed by atoms with Crippen molar-refractivity contribution in [3.63, 3.8) is 0 Å². The molecule has 0 amide bonds. The molecular weight excluding hydrogens is 385 g/mol. The normalized spacial score (nSPS) is 11.1. The van der Waals surface area contributed by atoms with E-state index in [-0.39, 0.29) is 0 Å². The summed E-state index contributed by atoms with van der Waals surface area (Å²) in [6.07, 6.45) is 0. The second-order valence-electron chi connectivity index (χ2n) is 7.56. The zero-order valence-electron chi connectivity index (χ0n) is 17.3. The Bertz CT molecular complexity index is 1090. The average molecular weight is 411 g/mol. The Kier molecular flexibility index (Phi) is 6.16. The molecule has 1 atom stereocenters. The fraction of sp³-hybridized carbons (Fsp3) is 0.111. The van der Waals surface area contributed by atoms with E-state index in [9.17, 15) is 5.11 Å². The van der Waals surface area contributed by atoms with Crippen LogP contribution in [-0.2, 0) is 6.54 Å². The Morgan fingerprint density at radius 3 is 1.87 bits per heavy atom. The zero-order valence-corrected chi connectivity index (χ0v) is 18.3. The van der Waals surface area contributed by atoms with Crippen LogP contribution in [-0.4, -0.2) is 5.11 Å². The lowest BCUT2D eigenvalue weighted by Gasteiger charge is -2.26. The predicted octanol–water partition coefficient (Wildman–Crippen LogP) is 5.98. The molecule has 0 aliphatic heterocycles. The summed E-state index contributed by atoms with van der Waals surface area (Å²) in [6.45, 7) is 4.97. The van der Waals surface area contributed by atoms with Crippen molar-refractivity contribution < 1.29 is 5.11 Å². The van der Waals surface area contributed by atoms with Crippen molar-refractivity contribution in [1.82, 2.24) is 0 Å². The van der Waals surface area contributed by atoms with Gasteiger partial charge in [-0.2, -0.15) is 0 Å². The molecular formula is C27H26NOP. The predicted molar refractivity (Wildman–Crippen MR) is 130 cm³/mol. The topological polar surface area (TPSA) is 23.5 Å². The van der Waals surface area contributed by atoms with Gasteiger partial charge in [-0.15, -0.1) is 0 Å². The smallest absolute Gasteiger partial charge is 0.123 e. The molecule has 4 aromatic carbocycles. The molecule has 1 N–H and O–H groups in total. The van der Waals surface area contributed by atoms with E-state index >= 15 is 0 Å². The Hall–Kier alpha value is -3.09. The number of aryl methyl sites for hydroxylation is 2. The summed E-state index contributed by atoms with van der Waals surface area (Å²) < 4.78 is 0. The maximum atomic E-state index is 10.4. The lowest BCUT2D eigenvalue weighted by atomic mass is 10.1. The number of anilines is 2. The molecule has 1 unspecified atom stereocenters. The molecule has 0 saturated carbocycles. The monoisotopic (exact) mass is 411 g/mol. The maximum absolute atomic E-state index is 10.4. The second kappa shape index (κ2) is 9.15. The van der Waals surface area contributed by atoms with Crippen LogP contribution in [0, 0.1) is 13.8 Å². The summed E-state index contributed by atoms with van der Waals surface area (Å²) in [4.78, 5) is 2.35. The van der Waals surface area contributed by atoms with Crippen LogP contribution in [0.3, 0.4) is 0 Å². The summed E-state index contributed by atoms with van der Waals surface area (Å²) in [5, 5.41) is 12.6. The molecule has 4 aromatic rings. The number of nitrogens with zero attached hydrogens (tertiary/aromatic N) is 1. The van der Waals surface area contributed by atoms with Crippen LogP contribution in [0.15, 0.2) is 97.1 Å². The largest absolute Gasteiger partial charge is 0.507 e. The average Bonchev–Trinajstić information content (AvgIpc) is 2.77. The van der Waals surface area contributed by atoms with Gasteiger partial charge in [0.25, 0.3) is 0 Å². The molecule has 0 radical (unpaired) electrons. The van der Waals surface area contributed by atoms with E-state index in [0.717, 1.165) is 23.2 Å². The number of benzene rings is 4. The molecule has 0 saturated heterocycles. The van der Waals surface area contributed by atoms with Crippen molar-refractivity contribution in [1.29, 1.82) is 0 Å². The van der Waals surface area contributed by atoms with Gasteiger partial charge in [0.2, 0.25) is 0 Å². The summed E-state index contributed by atoms with van der Waals surface area (Å²) in [7, 11) is 0.405. The van der Waals surface area contributed by atoms with E-state index in [1.165, 1.54) is 22.0 Å². The summed E-state index contributed by atoms with van der Waals surface area (Å²) in [5.74, 6) is 0.369. The van der Waals surface area contributed by atoms with Crippen molar-refractivity contribution in [2.75, 3.05) is 4.90 Å². The minimum absolute atomic E-state index is 0.369. The van der Waals surface area contributed by atoms with Crippen LogP contribution >= 0.6 is 8.58 Å². The third-order valence-electron chi connectivity index (χ3n) is 5.15. The molecule has 2 nitrogen and oxygen atoms in total. The molecule has 0 spiro atoms. The number of aromatic hydroxyl groups is 1. The van der Waals surface area contributed by atoms with Crippen LogP contribution in [0.4, 0.5) is 11.4 Å². The van der Waals surface area contributed by atoms with Crippen molar-refractivity contribution in [3.05, 3.63) is 114 Å². The highest BCUT2D eigenvalue weighted by molar-refractivity contribution is 7.55. The zero-order chi connectivity index (χ0) is 20.9. The molecule has 0 aliphatic rings. The van der Waals surface area contributed by atoms with E-state index in [1.807, 2.05) is 18.2 Å². The van der Waals surface area contributed by atoms with Gasteiger partial charge >= 0.3 is 0 Å². The van der Waals surface area contributed by atoms with E-state index < -0.39 is 0 Å². The van der Waals surface area contributed by atoms with Crippen LogP contribution in [0.5, 0.6) is 5.75 Å². The van der Waals surface area contributed by atoms with Crippen LogP contribution in [0.2, 0.25) is 0 Å². The first-order valence-corrected chi connectivity index (χ1v) is 11.1. The minimum atomic E-state index is 0.369. The number of para-hydroxylation sites is 2. The SMILES string of the molecule is Cc1ccc(Pc2cc(C)ccc2O)c(CN(c2ccccc2)c2ccccc2)c1. The number of hydrogen-bond donors (Lipinski definition) is 1. The van der Waals surface area contributed by atoms with Gasteiger partial charge in [0.1, 0.15) is 5.75 Å². The molecule has 3 heteroatoms. The molecule has 0 heterocycles. The number of phenols is 1. The van der Waals surface area contributed by atoms with Gasteiger partial charge in [-0.3, -0.25) is 0 Å². The molecule has 0 bridgehead atoms. The fourth-order valence-corrected chi connectivity index (χ4v) is 4.87. The molecule has 150 valence electrons. The maximum Gasteiger partial charge on any atom is 0.123 e. The van der Waals surface area contributed by atoms with E-state index in [0.29, 0.717) is 14.3 Å². The van der Waals surface area contributed by atoms with Crippen molar-refractivity contribution in [2.45, 2.75) is 20.4 Å². The Morgan fingerprint density at radius 2 is 1.23 bits per heavy atom. The van der Waals surface area contributed by atoms with E-state index in [4.69, 9.17) is 0 Å². The Balaban J connectivity index is 1.73. The minimum Gasteiger partial charge on any atom is -0.507 e. The molecule has 0 fully saturated rings. The summed E-state index contributed by atoms with van der Waals surface area (Å²) in [6, 6.07) is 33.5. The fourth-order valence-electron chi connectivity index (χ4n) is 3.59. The summed E-state index contributed by atoms with van der Waals surface area (Å²) in [5.41, 5.74) is 6.02. The standard InChI is InChI=1S/C27H26NOP/c1-20-14-16-26(30-27-18-21(2)13-15-25(27)29)22(17-20)19-28(23-9-5-3-6-10-23)24-11-7-4-8-12-24/h3-18,29-30H,19H2,1-2H3. The van der Waals surface area contributed by atoms with Gasteiger partial charge in [0, 0.05) is 23.2 Å². The number of phenolic OH excluding ortho intramolecular Hbond substituents is 1. The van der Waals surface area contributed by atoms with Crippen LogP contribution < -0.4 is 15.5 Å². The summed E-state index contributed by atoms with van der Waals surface area (Å²) >= 11 is 0. The lowest BCUT2D eigenvalue weighted by Crippen LogP contribution is -2.21. The molecule has 0 aliphatic carbocycles. The highest BCUT2D eigenvalue weighted by Gasteiger charge is 2.14. The van der Waals surface area contributed by atoms with Crippen LogP contribution in [0.25, 0.3) is 0 Å². The highest BCUT2D eigenvalue weighted by atomic mass is 31.1. The first kappa shape index (κ1) is 20.2. The van der Waals surface area contributed by atoms with Gasteiger partial charge in [-0.25, -0.2) is 0 Å². The molecule has 4 rings (SSSR count). The quantitative estimate of drug-likeness (QED) is 0.395. The Morgan fingerprint density at radius 1 is 0.667 bits per heavy atom. The Labute approximate surface area is 180 Å². The second-order valence-corrected chi connectivity index (χ2v) is 8.89. The van der Waals surface area contributed by atoms with E-state index in [1.54, 1.807) is 6.07 Å². The van der Waals surface area contributed by atoms with Crippen molar-refractivity contribution in [3.8, 4) is 5.75 Å². The van der Waals surface area contributed by atoms with Gasteiger partial charge < -0.3 is 10.0 Å². The first-order valence-electron chi connectivity index (χ1n) is 10.1. The molecule has 0 aromatic heterocycles. The van der Waals surface area contributed by atoms with Crippen molar-refractivity contribution >= 4 is 30.6 Å². The molecule has 30 heavy (non-hydrogen) atoms. The lowest BCUT2D eigenvalue weighted by molar-refractivity contribution is 0.479. The first-order chi connectivity index (χ1) is 14.6. The van der Waals surface area contributed by atoms with Gasteiger partial charge in [-0.1, -0.05) is 80.4 Å². The number of hydrogen-bond acceptors (Lipinski definition) is 2. The third-order valence-corrected chi connectivity index (χ3v) is 6.57. The van der Waals surface area contributed by atoms with Gasteiger partial charge in [-0.05, 0) is 61.1 Å². The van der Waals surface area contributed by atoms with Crippen LogP contribution in [0.1, 0.15) is 16.7 Å². The highest BCUT2D eigenvalue weighted by Crippen LogP contribution is 2.29. The van der Waals surface area contributed by atoms with Gasteiger partial charge in [0.05, 0.1) is 0 Å².